The van der Waals surface area contributed by atoms with Gasteiger partial charge in [-0.05, 0) is 6.07 Å². The summed E-state index contributed by atoms with van der Waals surface area (Å²) in [6.45, 7) is 0. The summed E-state index contributed by atoms with van der Waals surface area (Å²) in [6, 6.07) is 1.71. The fourth-order valence-electron chi connectivity index (χ4n) is 0.991. The maximum absolute atomic E-state index is 5.92. The molecule has 0 saturated heterocycles. The predicted molar refractivity (Wildman–Crippen MR) is 59.1 cm³/mol. The molecule has 0 spiro atoms. The Bertz CT molecular complexity index is 480. The van der Waals surface area contributed by atoms with Crippen LogP contribution in [-0.2, 0) is 0 Å². The minimum atomic E-state index is 0.320. The van der Waals surface area contributed by atoms with Crippen LogP contribution in [0.3, 0.4) is 0 Å². The first kappa shape index (κ1) is 9.34. The zero-order valence-corrected chi connectivity index (χ0v) is 9.23. The second-order valence-electron chi connectivity index (χ2n) is 2.39. The molecule has 13 heavy (non-hydrogen) atoms. The summed E-state index contributed by atoms with van der Waals surface area (Å²) < 4.78 is 0.844. The zero-order chi connectivity index (χ0) is 9.59. The Labute approximate surface area is 93.2 Å². The molecule has 0 unspecified atom stereocenters. The van der Waals surface area contributed by atoms with Crippen LogP contribution in [0.5, 0.6) is 0 Å². The molecule has 2 rings (SSSR count). The lowest BCUT2D eigenvalue weighted by Gasteiger charge is -1.98. The van der Waals surface area contributed by atoms with Gasteiger partial charge in [-0.1, -0.05) is 46.1 Å². The SMILES string of the molecule is Nc1nc2c(Cl)c(Cl)c(Cl)cc2s1. The Morgan fingerprint density at radius 1 is 1.23 bits per heavy atom. The Morgan fingerprint density at radius 2 is 1.92 bits per heavy atom. The summed E-state index contributed by atoms with van der Waals surface area (Å²) in [4.78, 5) is 4.04. The van der Waals surface area contributed by atoms with Crippen molar-refractivity contribution in [3.63, 3.8) is 0 Å². The van der Waals surface area contributed by atoms with Crippen molar-refractivity contribution in [2.24, 2.45) is 0 Å². The Kier molecular flexibility index (Phi) is 2.28. The van der Waals surface area contributed by atoms with E-state index < -0.39 is 0 Å². The first-order valence-corrected chi connectivity index (χ1v) is 5.24. The number of hydrogen-bond acceptors (Lipinski definition) is 3. The number of nitrogens with zero attached hydrogens (tertiary/aromatic N) is 1. The first-order chi connectivity index (χ1) is 6.09. The highest BCUT2D eigenvalue weighted by molar-refractivity contribution is 7.22. The van der Waals surface area contributed by atoms with Gasteiger partial charge in [0.1, 0.15) is 5.52 Å². The largest absolute Gasteiger partial charge is 0.375 e. The summed E-state index contributed by atoms with van der Waals surface area (Å²) in [5.74, 6) is 0. The van der Waals surface area contributed by atoms with Gasteiger partial charge < -0.3 is 5.73 Å². The van der Waals surface area contributed by atoms with Gasteiger partial charge in [-0.2, -0.15) is 0 Å². The van der Waals surface area contributed by atoms with Crippen molar-refractivity contribution in [1.82, 2.24) is 4.98 Å². The van der Waals surface area contributed by atoms with Gasteiger partial charge in [0.2, 0.25) is 0 Å². The minimum absolute atomic E-state index is 0.320. The quantitative estimate of drug-likeness (QED) is 0.725. The molecule has 0 saturated carbocycles. The van der Waals surface area contributed by atoms with Crippen LogP contribution in [0.15, 0.2) is 6.07 Å². The monoisotopic (exact) mass is 252 g/mol. The van der Waals surface area contributed by atoms with Gasteiger partial charge in [0, 0.05) is 0 Å². The van der Waals surface area contributed by atoms with Crippen molar-refractivity contribution in [2.45, 2.75) is 0 Å². The molecular weight excluding hydrogens is 251 g/mol. The molecule has 2 N–H and O–H groups in total. The van der Waals surface area contributed by atoms with Crippen LogP contribution < -0.4 is 5.73 Å². The van der Waals surface area contributed by atoms with Crippen LogP contribution >= 0.6 is 46.1 Å². The summed E-state index contributed by atoms with van der Waals surface area (Å²) in [7, 11) is 0. The summed E-state index contributed by atoms with van der Waals surface area (Å²) >= 11 is 18.9. The number of halogens is 3. The lowest BCUT2D eigenvalue weighted by molar-refractivity contribution is 1.50. The molecule has 0 aliphatic rings. The lowest BCUT2D eigenvalue weighted by Crippen LogP contribution is -1.80. The van der Waals surface area contributed by atoms with E-state index in [1.807, 2.05) is 0 Å². The number of benzene rings is 1. The van der Waals surface area contributed by atoms with Crippen LogP contribution in [0.25, 0.3) is 10.2 Å². The third kappa shape index (κ3) is 1.46. The second-order valence-corrected chi connectivity index (χ2v) is 4.61. The van der Waals surface area contributed by atoms with E-state index in [0.29, 0.717) is 25.7 Å². The third-order valence-electron chi connectivity index (χ3n) is 1.54. The number of thiazole rings is 1. The van der Waals surface area contributed by atoms with Crippen molar-refractivity contribution < 1.29 is 0 Å². The van der Waals surface area contributed by atoms with E-state index in [4.69, 9.17) is 40.5 Å². The number of fused-ring (bicyclic) bond motifs is 1. The Hall–Kier alpha value is -0.220. The van der Waals surface area contributed by atoms with Crippen LogP contribution in [0, 0.1) is 0 Å². The molecule has 68 valence electrons. The zero-order valence-electron chi connectivity index (χ0n) is 6.14. The average Bonchev–Trinajstić information content (AvgIpc) is 2.42. The molecule has 0 radical (unpaired) electrons. The van der Waals surface area contributed by atoms with Gasteiger partial charge in [-0.15, -0.1) is 0 Å². The second kappa shape index (κ2) is 3.17. The molecule has 1 aromatic heterocycles. The first-order valence-electron chi connectivity index (χ1n) is 3.29. The summed E-state index contributed by atoms with van der Waals surface area (Å²) in [6.07, 6.45) is 0. The van der Waals surface area contributed by atoms with Crippen molar-refractivity contribution in [3.8, 4) is 0 Å². The van der Waals surface area contributed by atoms with Gasteiger partial charge in [0.15, 0.2) is 5.13 Å². The maximum Gasteiger partial charge on any atom is 0.181 e. The number of hydrogen-bond donors (Lipinski definition) is 1. The molecule has 0 amide bonds. The average molecular weight is 254 g/mol. The highest BCUT2D eigenvalue weighted by atomic mass is 35.5. The predicted octanol–water partition coefficient (Wildman–Crippen LogP) is 3.84. The fourth-order valence-corrected chi connectivity index (χ4v) is 2.54. The Balaban J connectivity index is 2.92. The van der Waals surface area contributed by atoms with Crippen LogP contribution in [0.1, 0.15) is 0 Å². The molecule has 0 bridgehead atoms. The van der Waals surface area contributed by atoms with Crippen molar-refractivity contribution in [2.75, 3.05) is 5.73 Å². The lowest BCUT2D eigenvalue weighted by atomic mass is 10.3. The van der Waals surface area contributed by atoms with Gasteiger partial charge in [0.05, 0.1) is 19.8 Å². The van der Waals surface area contributed by atoms with Crippen molar-refractivity contribution in [1.29, 1.82) is 0 Å². The molecule has 2 aromatic rings. The van der Waals surface area contributed by atoms with E-state index in [9.17, 15) is 0 Å². The number of anilines is 1. The van der Waals surface area contributed by atoms with E-state index in [2.05, 4.69) is 4.98 Å². The molecular formula is C7H3Cl3N2S. The highest BCUT2D eigenvalue weighted by Crippen LogP contribution is 2.39. The molecule has 2 nitrogen and oxygen atoms in total. The standard InChI is InChI=1S/C7H3Cl3N2S/c8-2-1-3-6(5(10)4(2)9)12-7(11)13-3/h1H,(H2,11,12). The van der Waals surface area contributed by atoms with Gasteiger partial charge >= 0.3 is 0 Å². The molecule has 0 fully saturated rings. The Morgan fingerprint density at radius 3 is 2.62 bits per heavy atom. The van der Waals surface area contributed by atoms with E-state index in [0.717, 1.165) is 4.70 Å². The highest BCUT2D eigenvalue weighted by Gasteiger charge is 2.12. The fraction of sp³-hybridized carbons (Fsp3) is 0. The van der Waals surface area contributed by atoms with E-state index in [1.165, 1.54) is 11.3 Å². The molecule has 1 heterocycles. The summed E-state index contributed by atoms with van der Waals surface area (Å²) in [5.41, 5.74) is 6.13. The normalized spacial score (nSPS) is 11.0. The van der Waals surface area contributed by atoms with Crippen molar-refractivity contribution >= 4 is 61.5 Å². The van der Waals surface area contributed by atoms with E-state index >= 15 is 0 Å². The summed E-state index contributed by atoms with van der Waals surface area (Å²) in [5, 5.41) is 1.55. The molecule has 0 aliphatic carbocycles. The third-order valence-corrected chi connectivity index (χ3v) is 3.62. The minimum Gasteiger partial charge on any atom is -0.375 e. The number of nitrogens with two attached hydrogens (primary N) is 1. The van der Waals surface area contributed by atoms with Gasteiger partial charge in [-0.25, -0.2) is 4.98 Å². The smallest absolute Gasteiger partial charge is 0.181 e. The van der Waals surface area contributed by atoms with E-state index in [-0.39, 0.29) is 0 Å². The number of rotatable bonds is 0. The molecule has 6 heteroatoms. The van der Waals surface area contributed by atoms with Crippen LogP contribution in [-0.4, -0.2) is 4.98 Å². The number of aromatic nitrogens is 1. The van der Waals surface area contributed by atoms with Crippen LogP contribution in [0.2, 0.25) is 15.1 Å². The van der Waals surface area contributed by atoms with E-state index in [1.54, 1.807) is 6.07 Å². The maximum atomic E-state index is 5.92. The molecule has 1 aromatic carbocycles. The number of nitrogen functional groups attached to an aromatic ring is 1. The van der Waals surface area contributed by atoms with Crippen LogP contribution in [0.4, 0.5) is 5.13 Å². The van der Waals surface area contributed by atoms with Crippen molar-refractivity contribution in [3.05, 3.63) is 21.1 Å². The topological polar surface area (TPSA) is 38.9 Å². The van der Waals surface area contributed by atoms with Gasteiger partial charge in [-0.3, -0.25) is 0 Å². The molecule has 0 aliphatic heterocycles. The molecule has 0 atom stereocenters. The van der Waals surface area contributed by atoms with Gasteiger partial charge in [0.25, 0.3) is 0 Å².